The molecule has 0 unspecified atom stereocenters. The van der Waals surface area contributed by atoms with Gasteiger partial charge in [-0.25, -0.2) is 9.59 Å². The summed E-state index contributed by atoms with van der Waals surface area (Å²) in [5, 5.41) is 2.60. The highest BCUT2D eigenvalue weighted by atomic mass is 16.6. The predicted octanol–water partition coefficient (Wildman–Crippen LogP) is 3.66. The smallest absolute Gasteiger partial charge is 0.410 e. The molecule has 0 heterocycles. The number of hydrogen-bond acceptors (Lipinski definition) is 6. The van der Waals surface area contributed by atoms with Crippen molar-refractivity contribution in [2.75, 3.05) is 19.7 Å². The molecule has 30 heavy (non-hydrogen) atoms. The molecule has 0 aromatic heterocycles. The Balaban J connectivity index is 2.87. The maximum Gasteiger partial charge on any atom is 0.410 e. The molecule has 0 aliphatic carbocycles. The highest BCUT2D eigenvalue weighted by molar-refractivity contribution is 5.74. The average molecular weight is 421 g/mol. The fourth-order valence-electron chi connectivity index (χ4n) is 2.53. The molecule has 1 aromatic carbocycles. The molecular weight excluding hydrogens is 388 g/mol. The molecule has 1 atom stereocenters. The van der Waals surface area contributed by atoms with Gasteiger partial charge in [-0.15, -0.1) is 6.58 Å². The summed E-state index contributed by atoms with van der Waals surface area (Å²) < 4.78 is 15.6. The van der Waals surface area contributed by atoms with E-state index in [1.165, 1.54) is 11.0 Å². The van der Waals surface area contributed by atoms with Crippen molar-refractivity contribution in [2.45, 2.75) is 52.4 Å². The van der Waals surface area contributed by atoms with Gasteiger partial charge in [0.05, 0.1) is 19.1 Å². The van der Waals surface area contributed by atoms with E-state index in [9.17, 15) is 14.4 Å². The highest BCUT2D eigenvalue weighted by Crippen LogP contribution is 2.12. The van der Waals surface area contributed by atoms with Gasteiger partial charge in [-0.2, -0.15) is 0 Å². The minimum atomic E-state index is -0.696. The second-order valence-electron chi connectivity index (χ2n) is 7.53. The summed E-state index contributed by atoms with van der Waals surface area (Å²) in [5.41, 5.74) is 0.161. The Bertz CT molecular complexity index is 699. The Labute approximate surface area is 178 Å². The first-order valence-electron chi connectivity index (χ1n) is 9.87. The van der Waals surface area contributed by atoms with Gasteiger partial charge < -0.3 is 19.5 Å². The van der Waals surface area contributed by atoms with Gasteiger partial charge in [-0.05, 0) is 33.3 Å². The molecule has 0 bridgehead atoms. The lowest BCUT2D eigenvalue weighted by molar-refractivity contribution is -0.144. The first-order valence-corrected chi connectivity index (χ1v) is 9.87. The molecule has 0 aliphatic heterocycles. The van der Waals surface area contributed by atoms with Crippen molar-refractivity contribution >= 4 is 18.2 Å². The molecule has 2 amide bonds. The van der Waals surface area contributed by atoms with E-state index in [0.717, 1.165) is 5.56 Å². The van der Waals surface area contributed by atoms with Crippen molar-refractivity contribution in [1.29, 1.82) is 0 Å². The third-order valence-electron chi connectivity index (χ3n) is 3.79. The number of nitrogens with one attached hydrogen (secondary N) is 1. The molecule has 8 nitrogen and oxygen atoms in total. The first kappa shape index (κ1) is 25.0. The molecule has 0 saturated carbocycles. The number of rotatable bonds is 10. The Morgan fingerprint density at radius 2 is 1.83 bits per heavy atom. The maximum atomic E-state index is 12.7. The van der Waals surface area contributed by atoms with Crippen LogP contribution in [0.3, 0.4) is 0 Å². The van der Waals surface area contributed by atoms with E-state index in [2.05, 4.69) is 11.9 Å². The molecule has 1 N–H and O–H groups in total. The van der Waals surface area contributed by atoms with Crippen LogP contribution in [0.4, 0.5) is 9.59 Å². The summed E-state index contributed by atoms with van der Waals surface area (Å²) in [7, 11) is 0. The third kappa shape index (κ3) is 9.95. The topological polar surface area (TPSA) is 94.2 Å². The summed E-state index contributed by atoms with van der Waals surface area (Å²) in [6.45, 7) is 11.0. The number of alkyl carbamates (subject to hydrolysis) is 1. The quantitative estimate of drug-likeness (QED) is 0.353. The number of amides is 2. The Morgan fingerprint density at radius 1 is 1.17 bits per heavy atom. The second-order valence-corrected chi connectivity index (χ2v) is 7.53. The number of hydrogen-bond donors (Lipinski definition) is 1. The summed E-state index contributed by atoms with van der Waals surface area (Å²) in [6, 6.07) is 8.54. The fourth-order valence-corrected chi connectivity index (χ4v) is 2.53. The monoisotopic (exact) mass is 420 g/mol. The lowest BCUT2D eigenvalue weighted by Crippen LogP contribution is -2.49. The van der Waals surface area contributed by atoms with Crippen LogP contribution in [0.25, 0.3) is 0 Å². The van der Waals surface area contributed by atoms with E-state index in [4.69, 9.17) is 14.2 Å². The first-order chi connectivity index (χ1) is 14.2. The van der Waals surface area contributed by atoms with Crippen LogP contribution in [-0.4, -0.2) is 54.4 Å². The highest BCUT2D eigenvalue weighted by Gasteiger charge is 2.28. The predicted molar refractivity (Wildman–Crippen MR) is 113 cm³/mol. The van der Waals surface area contributed by atoms with Crippen molar-refractivity contribution in [3.8, 4) is 0 Å². The summed E-state index contributed by atoms with van der Waals surface area (Å²) in [5.74, 6) is -0.488. The molecule has 0 spiro atoms. The van der Waals surface area contributed by atoms with Crippen LogP contribution in [0, 0.1) is 0 Å². The SMILES string of the molecule is C=CCN(C(=O)OCc1ccccc1)[C@H](CNC(=O)OC(C)(C)C)CC(=O)OCC. The molecule has 0 radical (unpaired) electrons. The summed E-state index contributed by atoms with van der Waals surface area (Å²) >= 11 is 0. The fraction of sp³-hybridized carbons (Fsp3) is 0.500. The number of carbonyl (C=O) groups is 3. The van der Waals surface area contributed by atoms with Crippen molar-refractivity contribution < 1.29 is 28.6 Å². The van der Waals surface area contributed by atoms with Gasteiger partial charge in [-0.1, -0.05) is 36.4 Å². The number of esters is 1. The minimum absolute atomic E-state index is 0.0119. The van der Waals surface area contributed by atoms with Crippen LogP contribution in [0.1, 0.15) is 39.7 Å². The lowest BCUT2D eigenvalue weighted by atomic mass is 10.1. The normalized spacial score (nSPS) is 11.7. The van der Waals surface area contributed by atoms with Crippen molar-refractivity contribution in [3.63, 3.8) is 0 Å². The zero-order valence-corrected chi connectivity index (χ0v) is 18.2. The van der Waals surface area contributed by atoms with Gasteiger partial charge in [0.2, 0.25) is 0 Å². The van der Waals surface area contributed by atoms with Crippen LogP contribution in [-0.2, 0) is 25.6 Å². The minimum Gasteiger partial charge on any atom is -0.466 e. The summed E-state index contributed by atoms with van der Waals surface area (Å²) in [4.78, 5) is 38.2. The van der Waals surface area contributed by atoms with Gasteiger partial charge in [0.1, 0.15) is 12.2 Å². The average Bonchev–Trinajstić information content (AvgIpc) is 2.67. The standard InChI is InChI=1S/C22H32N2O6/c1-6-13-24(21(27)29-16-17-11-9-8-10-12-17)18(14-19(25)28-7-2)15-23-20(26)30-22(3,4)5/h6,8-12,18H,1,7,13-16H2,2-5H3,(H,23,26)/t18-/m0/s1. The van der Waals surface area contributed by atoms with Gasteiger partial charge in [0.15, 0.2) is 0 Å². The molecule has 0 fully saturated rings. The van der Waals surface area contributed by atoms with Crippen molar-refractivity contribution in [3.05, 3.63) is 48.6 Å². The van der Waals surface area contributed by atoms with E-state index in [1.807, 2.05) is 30.3 Å². The Morgan fingerprint density at radius 3 is 2.40 bits per heavy atom. The van der Waals surface area contributed by atoms with Crippen LogP contribution < -0.4 is 5.32 Å². The molecule has 1 aromatic rings. The molecule has 1 rings (SSSR count). The lowest BCUT2D eigenvalue weighted by Gasteiger charge is -2.30. The molecule has 8 heteroatoms. The zero-order chi connectivity index (χ0) is 22.6. The second kappa shape index (κ2) is 12.5. The van der Waals surface area contributed by atoms with Crippen LogP contribution in [0.2, 0.25) is 0 Å². The maximum absolute atomic E-state index is 12.7. The van der Waals surface area contributed by atoms with Gasteiger partial charge in [0, 0.05) is 13.1 Å². The van der Waals surface area contributed by atoms with E-state index >= 15 is 0 Å². The van der Waals surface area contributed by atoms with E-state index in [1.54, 1.807) is 27.7 Å². The van der Waals surface area contributed by atoms with Crippen LogP contribution in [0.15, 0.2) is 43.0 Å². The Hall–Kier alpha value is -3.03. The number of carbonyl (C=O) groups excluding carboxylic acids is 3. The van der Waals surface area contributed by atoms with Crippen LogP contribution >= 0.6 is 0 Å². The zero-order valence-electron chi connectivity index (χ0n) is 18.2. The van der Waals surface area contributed by atoms with Crippen molar-refractivity contribution in [1.82, 2.24) is 10.2 Å². The van der Waals surface area contributed by atoms with Crippen LogP contribution in [0.5, 0.6) is 0 Å². The molecule has 0 aliphatic rings. The van der Waals surface area contributed by atoms with E-state index in [-0.39, 0.29) is 32.7 Å². The van der Waals surface area contributed by atoms with Crippen molar-refractivity contribution in [2.24, 2.45) is 0 Å². The summed E-state index contributed by atoms with van der Waals surface area (Å²) in [6.07, 6.45) is 0.138. The number of ether oxygens (including phenoxy) is 3. The van der Waals surface area contributed by atoms with Gasteiger partial charge in [0.25, 0.3) is 0 Å². The van der Waals surface area contributed by atoms with Gasteiger partial charge >= 0.3 is 18.2 Å². The van der Waals surface area contributed by atoms with Gasteiger partial charge in [-0.3, -0.25) is 9.69 Å². The molecule has 166 valence electrons. The number of nitrogens with zero attached hydrogens (tertiary/aromatic N) is 1. The molecular formula is C22H32N2O6. The van der Waals surface area contributed by atoms with E-state index < -0.39 is 29.8 Å². The van der Waals surface area contributed by atoms with E-state index in [0.29, 0.717) is 0 Å². The number of benzene rings is 1. The third-order valence-corrected chi connectivity index (χ3v) is 3.79. The molecule has 0 saturated heterocycles. The largest absolute Gasteiger partial charge is 0.466 e. The Kier molecular flexibility index (Phi) is 10.4.